The molecule has 0 unspecified atom stereocenters. The van der Waals surface area contributed by atoms with Gasteiger partial charge in [-0.25, -0.2) is 0 Å². The van der Waals surface area contributed by atoms with Crippen LogP contribution in [0.25, 0.3) is 11.3 Å². The third kappa shape index (κ3) is 4.60. The van der Waals surface area contributed by atoms with Crippen molar-refractivity contribution in [1.29, 1.82) is 0 Å². The molecule has 4 rings (SSSR count). The summed E-state index contributed by atoms with van der Waals surface area (Å²) in [6.07, 6.45) is 1.74. The molecule has 1 fully saturated rings. The number of hydrogen-bond acceptors (Lipinski definition) is 6. The van der Waals surface area contributed by atoms with Crippen molar-refractivity contribution in [2.45, 2.75) is 31.4 Å². The molecule has 1 saturated heterocycles. The highest BCUT2D eigenvalue weighted by Crippen LogP contribution is 2.30. The minimum absolute atomic E-state index is 0.320. The van der Waals surface area contributed by atoms with Gasteiger partial charge in [-0.05, 0) is 31.0 Å². The lowest BCUT2D eigenvalue weighted by Crippen LogP contribution is -2.45. The lowest BCUT2D eigenvalue weighted by molar-refractivity contribution is -0.0266. The zero-order valence-corrected chi connectivity index (χ0v) is 16.5. The second-order valence-electron chi connectivity index (χ2n) is 7.72. The predicted molar refractivity (Wildman–Crippen MR) is 110 cm³/mol. The highest BCUT2D eigenvalue weighted by Gasteiger charge is 2.34. The second kappa shape index (κ2) is 8.27. The van der Waals surface area contributed by atoms with Crippen molar-refractivity contribution < 1.29 is 19.5 Å². The normalized spacial score (nSPS) is 16.6. The Hall–Kier alpha value is -2.83. The fourth-order valence-electron chi connectivity index (χ4n) is 3.83. The summed E-state index contributed by atoms with van der Waals surface area (Å²) in [5, 5.41) is 25.2. The smallest absolute Gasteiger partial charge is 0.140 e. The molecule has 0 aliphatic carbocycles. The predicted octanol–water partition coefficient (Wildman–Crippen LogP) is 3.63. The van der Waals surface area contributed by atoms with Crippen LogP contribution in [0.3, 0.4) is 0 Å². The van der Waals surface area contributed by atoms with Crippen molar-refractivity contribution in [2.75, 3.05) is 20.2 Å². The molecule has 2 aromatic carbocycles. The molecule has 1 aromatic heterocycles. The number of aliphatic hydroxyl groups is 1. The van der Waals surface area contributed by atoms with Gasteiger partial charge >= 0.3 is 0 Å². The molecule has 0 spiro atoms. The number of rotatable bonds is 6. The van der Waals surface area contributed by atoms with Gasteiger partial charge in [-0.1, -0.05) is 35.5 Å². The van der Waals surface area contributed by atoms with Crippen molar-refractivity contribution in [3.05, 3.63) is 65.9 Å². The summed E-state index contributed by atoms with van der Waals surface area (Å²) in [6, 6.07) is 17.0. The van der Waals surface area contributed by atoms with Crippen LogP contribution in [0.2, 0.25) is 0 Å². The Morgan fingerprint density at radius 3 is 2.66 bits per heavy atom. The Labute approximate surface area is 170 Å². The van der Waals surface area contributed by atoms with Crippen LogP contribution in [0.4, 0.5) is 0 Å². The van der Waals surface area contributed by atoms with Crippen molar-refractivity contribution in [3.8, 4) is 22.8 Å². The lowest BCUT2D eigenvalue weighted by Gasteiger charge is -2.37. The zero-order chi connectivity index (χ0) is 20.3. The van der Waals surface area contributed by atoms with Gasteiger partial charge in [-0.2, -0.15) is 0 Å². The minimum Gasteiger partial charge on any atom is -0.508 e. The zero-order valence-electron chi connectivity index (χ0n) is 16.5. The summed E-state index contributed by atoms with van der Waals surface area (Å²) < 4.78 is 10.8. The number of nitrogens with zero attached hydrogens (tertiary/aromatic N) is 2. The van der Waals surface area contributed by atoms with Crippen LogP contribution >= 0.6 is 0 Å². The molecule has 1 aliphatic heterocycles. The number of para-hydroxylation sites is 1. The molecule has 6 nitrogen and oxygen atoms in total. The molecule has 0 amide bonds. The van der Waals surface area contributed by atoms with Crippen LogP contribution in [-0.2, 0) is 13.0 Å². The number of hydrogen-bond donors (Lipinski definition) is 2. The van der Waals surface area contributed by atoms with Crippen molar-refractivity contribution in [1.82, 2.24) is 10.1 Å². The number of phenolic OH excluding ortho intramolecular Hbond substituents is 1. The van der Waals surface area contributed by atoms with E-state index < -0.39 is 5.60 Å². The molecule has 0 bridgehead atoms. The van der Waals surface area contributed by atoms with E-state index in [1.165, 1.54) is 0 Å². The van der Waals surface area contributed by atoms with E-state index >= 15 is 0 Å². The van der Waals surface area contributed by atoms with Crippen LogP contribution in [-0.4, -0.2) is 46.1 Å². The van der Waals surface area contributed by atoms with Gasteiger partial charge in [0.1, 0.15) is 23.0 Å². The summed E-state index contributed by atoms with van der Waals surface area (Å²) in [5.74, 6) is 1.77. The Kier molecular flexibility index (Phi) is 5.56. The van der Waals surface area contributed by atoms with Gasteiger partial charge < -0.3 is 19.5 Å². The first-order valence-electron chi connectivity index (χ1n) is 9.86. The minimum atomic E-state index is -0.805. The molecule has 152 valence electrons. The van der Waals surface area contributed by atoms with Gasteiger partial charge in [0.15, 0.2) is 0 Å². The van der Waals surface area contributed by atoms with Crippen LogP contribution in [0.5, 0.6) is 11.5 Å². The molecular weight excluding hydrogens is 368 g/mol. The molecule has 6 heteroatoms. The standard InChI is InChI=1S/C23H26N2O4/c1-28-19-7-4-6-17(13-19)21-14-20(29-24-21)15-23(27)9-11-25(12-10-23)16-18-5-2-3-8-22(18)26/h2-8,13-14,26-27H,9-12,15-16H2,1H3. The number of ether oxygens (including phenoxy) is 1. The van der Waals surface area contributed by atoms with E-state index in [2.05, 4.69) is 10.1 Å². The molecule has 0 radical (unpaired) electrons. The summed E-state index contributed by atoms with van der Waals surface area (Å²) >= 11 is 0. The summed E-state index contributed by atoms with van der Waals surface area (Å²) in [4.78, 5) is 2.26. The average molecular weight is 394 g/mol. The van der Waals surface area contributed by atoms with Crippen LogP contribution in [0.15, 0.2) is 59.1 Å². The average Bonchev–Trinajstić information content (AvgIpc) is 3.19. The maximum absolute atomic E-state index is 11.0. The van der Waals surface area contributed by atoms with Gasteiger partial charge in [0.05, 0.1) is 12.7 Å². The van der Waals surface area contributed by atoms with E-state index in [1.54, 1.807) is 13.2 Å². The summed E-state index contributed by atoms with van der Waals surface area (Å²) in [7, 11) is 1.63. The van der Waals surface area contributed by atoms with Crippen LogP contribution in [0, 0.1) is 0 Å². The van der Waals surface area contributed by atoms with Crippen molar-refractivity contribution in [2.24, 2.45) is 0 Å². The topological polar surface area (TPSA) is 79.0 Å². The third-order valence-corrected chi connectivity index (χ3v) is 5.60. The number of piperidine rings is 1. The summed E-state index contributed by atoms with van der Waals surface area (Å²) in [6.45, 7) is 2.22. The monoisotopic (exact) mass is 394 g/mol. The first-order valence-corrected chi connectivity index (χ1v) is 9.86. The molecular formula is C23H26N2O4. The largest absolute Gasteiger partial charge is 0.508 e. The Morgan fingerprint density at radius 1 is 1.10 bits per heavy atom. The Balaban J connectivity index is 1.37. The molecule has 0 saturated carbocycles. The number of aromatic hydroxyl groups is 1. The second-order valence-corrected chi connectivity index (χ2v) is 7.72. The molecule has 1 aliphatic rings. The number of aromatic nitrogens is 1. The maximum Gasteiger partial charge on any atom is 0.140 e. The van der Waals surface area contributed by atoms with Crippen molar-refractivity contribution >= 4 is 0 Å². The van der Waals surface area contributed by atoms with Gasteiger partial charge in [0, 0.05) is 43.2 Å². The van der Waals surface area contributed by atoms with Crippen LogP contribution < -0.4 is 4.74 Å². The molecule has 3 aromatic rings. The Morgan fingerprint density at radius 2 is 1.90 bits per heavy atom. The number of benzene rings is 2. The molecule has 2 heterocycles. The number of likely N-dealkylation sites (tertiary alicyclic amines) is 1. The third-order valence-electron chi connectivity index (χ3n) is 5.60. The van der Waals surface area contributed by atoms with Gasteiger partial charge in [0.2, 0.25) is 0 Å². The SMILES string of the molecule is COc1cccc(-c2cc(CC3(O)CCN(Cc4ccccc4O)CC3)on2)c1. The van der Waals surface area contributed by atoms with E-state index in [0.717, 1.165) is 35.7 Å². The maximum atomic E-state index is 11.0. The molecule has 0 atom stereocenters. The quantitative estimate of drug-likeness (QED) is 0.665. The van der Waals surface area contributed by atoms with Gasteiger partial charge in [-0.15, -0.1) is 0 Å². The highest BCUT2D eigenvalue weighted by atomic mass is 16.5. The van der Waals surface area contributed by atoms with E-state index in [1.807, 2.05) is 48.5 Å². The van der Waals surface area contributed by atoms with E-state index in [0.29, 0.717) is 37.3 Å². The summed E-state index contributed by atoms with van der Waals surface area (Å²) in [5.41, 5.74) is 1.76. The van der Waals surface area contributed by atoms with Gasteiger partial charge in [0.25, 0.3) is 0 Å². The fraction of sp³-hybridized carbons (Fsp3) is 0.348. The van der Waals surface area contributed by atoms with Crippen LogP contribution in [0.1, 0.15) is 24.2 Å². The molecule has 2 N–H and O–H groups in total. The molecule has 29 heavy (non-hydrogen) atoms. The fourth-order valence-corrected chi connectivity index (χ4v) is 3.83. The lowest BCUT2D eigenvalue weighted by atomic mass is 9.87. The first kappa shape index (κ1) is 19.5. The highest BCUT2D eigenvalue weighted by molar-refractivity contribution is 5.60. The van der Waals surface area contributed by atoms with E-state index in [9.17, 15) is 10.2 Å². The van der Waals surface area contributed by atoms with E-state index in [-0.39, 0.29) is 0 Å². The first-order chi connectivity index (χ1) is 14.0. The van der Waals surface area contributed by atoms with Gasteiger partial charge in [-0.3, -0.25) is 4.90 Å². The number of phenols is 1. The number of methoxy groups -OCH3 is 1. The Bertz CT molecular complexity index is 961. The van der Waals surface area contributed by atoms with E-state index in [4.69, 9.17) is 9.26 Å². The van der Waals surface area contributed by atoms with Crippen molar-refractivity contribution in [3.63, 3.8) is 0 Å².